The van der Waals surface area contributed by atoms with Crippen molar-refractivity contribution in [2.24, 2.45) is 0 Å². The lowest BCUT2D eigenvalue weighted by Crippen LogP contribution is -2.42. The second-order valence-electron chi connectivity index (χ2n) is 4.59. The van der Waals surface area contributed by atoms with E-state index in [0.717, 1.165) is 0 Å². The van der Waals surface area contributed by atoms with Gasteiger partial charge in [-0.15, -0.1) is 0 Å². The quantitative estimate of drug-likeness (QED) is 0.736. The molecule has 1 unspecified atom stereocenters. The van der Waals surface area contributed by atoms with Crippen LogP contribution in [0.5, 0.6) is 5.75 Å². The second kappa shape index (κ2) is 6.58. The van der Waals surface area contributed by atoms with E-state index in [2.05, 4.69) is 5.32 Å². The smallest absolute Gasteiger partial charge is 0.306 e. The van der Waals surface area contributed by atoms with Crippen LogP contribution in [0.4, 0.5) is 0 Å². The van der Waals surface area contributed by atoms with Crippen molar-refractivity contribution in [1.82, 2.24) is 5.32 Å². The maximum absolute atomic E-state index is 12.0. The standard InChI is InChI=1S/C13H16ClNO5/c1-13(19,6-11(16)17)7-15-12(18)9-4-3-8(14)5-10(9)20-2/h3-5,19H,6-7H2,1-2H3,(H,15,18)(H,16,17). The number of aliphatic carboxylic acids is 1. The maximum atomic E-state index is 12.0. The first-order valence-corrected chi connectivity index (χ1v) is 6.19. The highest BCUT2D eigenvalue weighted by molar-refractivity contribution is 6.30. The summed E-state index contributed by atoms with van der Waals surface area (Å²) in [7, 11) is 1.41. The number of aliphatic hydroxyl groups is 1. The van der Waals surface area contributed by atoms with Crippen LogP contribution >= 0.6 is 11.6 Å². The third kappa shape index (κ3) is 4.71. The Morgan fingerprint density at radius 3 is 2.65 bits per heavy atom. The Hall–Kier alpha value is -1.79. The summed E-state index contributed by atoms with van der Waals surface area (Å²) in [4.78, 5) is 22.5. The van der Waals surface area contributed by atoms with E-state index < -0.39 is 23.9 Å². The van der Waals surface area contributed by atoms with Crippen molar-refractivity contribution >= 4 is 23.5 Å². The maximum Gasteiger partial charge on any atom is 0.306 e. The fourth-order valence-electron chi connectivity index (χ4n) is 1.61. The van der Waals surface area contributed by atoms with Crippen LogP contribution in [0.1, 0.15) is 23.7 Å². The summed E-state index contributed by atoms with van der Waals surface area (Å²) in [5, 5.41) is 21.3. The average Bonchev–Trinajstić information content (AvgIpc) is 2.34. The number of hydrogen-bond donors (Lipinski definition) is 3. The molecule has 110 valence electrons. The molecule has 3 N–H and O–H groups in total. The molecule has 1 aromatic rings. The Bertz CT molecular complexity index is 515. The van der Waals surface area contributed by atoms with E-state index in [1.54, 1.807) is 0 Å². The summed E-state index contributed by atoms with van der Waals surface area (Å²) in [5.74, 6) is -1.33. The molecule has 1 atom stereocenters. The van der Waals surface area contributed by atoms with Crippen LogP contribution in [0.25, 0.3) is 0 Å². The number of ether oxygens (including phenoxy) is 1. The highest BCUT2D eigenvalue weighted by atomic mass is 35.5. The van der Waals surface area contributed by atoms with Crippen LogP contribution in [0, 0.1) is 0 Å². The van der Waals surface area contributed by atoms with Gasteiger partial charge in [-0.05, 0) is 25.1 Å². The van der Waals surface area contributed by atoms with Crippen molar-refractivity contribution in [3.63, 3.8) is 0 Å². The Morgan fingerprint density at radius 1 is 1.45 bits per heavy atom. The van der Waals surface area contributed by atoms with Gasteiger partial charge in [-0.2, -0.15) is 0 Å². The van der Waals surface area contributed by atoms with Gasteiger partial charge in [0.05, 0.1) is 24.7 Å². The van der Waals surface area contributed by atoms with Crippen molar-refractivity contribution < 1.29 is 24.5 Å². The monoisotopic (exact) mass is 301 g/mol. The van der Waals surface area contributed by atoms with Crippen molar-refractivity contribution in [3.8, 4) is 5.75 Å². The van der Waals surface area contributed by atoms with Gasteiger partial charge in [0, 0.05) is 11.6 Å². The topological polar surface area (TPSA) is 95.9 Å². The highest BCUT2D eigenvalue weighted by Crippen LogP contribution is 2.23. The summed E-state index contributed by atoms with van der Waals surface area (Å²) >= 11 is 5.79. The fraction of sp³-hybridized carbons (Fsp3) is 0.385. The minimum Gasteiger partial charge on any atom is -0.496 e. The van der Waals surface area contributed by atoms with Gasteiger partial charge in [-0.3, -0.25) is 9.59 Å². The molecular formula is C13H16ClNO5. The molecule has 0 radical (unpaired) electrons. The number of rotatable bonds is 6. The molecule has 6 nitrogen and oxygen atoms in total. The van der Waals surface area contributed by atoms with Gasteiger partial charge in [0.1, 0.15) is 5.75 Å². The van der Waals surface area contributed by atoms with Crippen LogP contribution in [0.2, 0.25) is 5.02 Å². The minimum atomic E-state index is -1.53. The number of carboxylic acids is 1. The van der Waals surface area contributed by atoms with Gasteiger partial charge in [-0.1, -0.05) is 11.6 Å². The molecule has 0 saturated carbocycles. The Kier molecular flexibility index (Phi) is 5.35. The van der Waals surface area contributed by atoms with E-state index in [0.29, 0.717) is 10.8 Å². The highest BCUT2D eigenvalue weighted by Gasteiger charge is 2.25. The second-order valence-corrected chi connectivity index (χ2v) is 5.03. The van der Waals surface area contributed by atoms with Gasteiger partial charge in [0.2, 0.25) is 0 Å². The lowest BCUT2D eigenvalue weighted by Gasteiger charge is -2.21. The zero-order valence-corrected chi connectivity index (χ0v) is 11.9. The van der Waals surface area contributed by atoms with E-state index in [4.69, 9.17) is 21.4 Å². The summed E-state index contributed by atoms with van der Waals surface area (Å²) in [6, 6.07) is 4.52. The predicted molar refractivity (Wildman–Crippen MR) is 73.2 cm³/mol. The van der Waals surface area contributed by atoms with E-state index >= 15 is 0 Å². The molecule has 7 heteroatoms. The molecule has 0 aliphatic rings. The molecule has 0 spiro atoms. The van der Waals surface area contributed by atoms with Gasteiger partial charge in [-0.25, -0.2) is 0 Å². The average molecular weight is 302 g/mol. The number of benzene rings is 1. The lowest BCUT2D eigenvalue weighted by molar-refractivity contribution is -0.141. The predicted octanol–water partition coefficient (Wildman–Crippen LogP) is 1.30. The first-order valence-electron chi connectivity index (χ1n) is 5.81. The van der Waals surface area contributed by atoms with Crippen LogP contribution in [-0.2, 0) is 4.79 Å². The SMILES string of the molecule is COc1cc(Cl)ccc1C(=O)NCC(C)(O)CC(=O)O. The molecule has 0 aliphatic carbocycles. The number of halogens is 1. The number of carboxylic acid groups (broad SMARTS) is 1. The zero-order valence-electron chi connectivity index (χ0n) is 11.1. The Morgan fingerprint density at radius 2 is 2.10 bits per heavy atom. The molecule has 0 aliphatic heterocycles. The number of methoxy groups -OCH3 is 1. The summed E-state index contributed by atoms with van der Waals surface area (Å²) < 4.78 is 5.04. The number of hydrogen-bond acceptors (Lipinski definition) is 4. The van der Waals surface area contributed by atoms with Crippen molar-refractivity contribution in [2.45, 2.75) is 18.9 Å². The van der Waals surface area contributed by atoms with Crippen LogP contribution in [0.15, 0.2) is 18.2 Å². The molecular weight excluding hydrogens is 286 g/mol. The van der Waals surface area contributed by atoms with Crippen molar-refractivity contribution in [3.05, 3.63) is 28.8 Å². The van der Waals surface area contributed by atoms with Gasteiger partial charge < -0.3 is 20.3 Å². The van der Waals surface area contributed by atoms with Crippen LogP contribution in [0.3, 0.4) is 0 Å². The van der Waals surface area contributed by atoms with Crippen LogP contribution < -0.4 is 10.1 Å². The lowest BCUT2D eigenvalue weighted by atomic mass is 10.0. The first kappa shape index (κ1) is 16.3. The van der Waals surface area contributed by atoms with Gasteiger partial charge in [0.25, 0.3) is 5.91 Å². The molecule has 0 aromatic heterocycles. The summed E-state index contributed by atoms with van der Waals surface area (Å²) in [6.07, 6.45) is -0.467. The number of carbonyl (C=O) groups is 2. The van der Waals surface area contributed by atoms with E-state index in [1.165, 1.54) is 32.2 Å². The van der Waals surface area contributed by atoms with Crippen molar-refractivity contribution in [1.29, 1.82) is 0 Å². The zero-order chi connectivity index (χ0) is 15.3. The third-order valence-electron chi connectivity index (χ3n) is 2.57. The summed E-state index contributed by atoms with van der Waals surface area (Å²) in [6.45, 7) is 1.14. The molecule has 1 rings (SSSR count). The summed E-state index contributed by atoms with van der Waals surface area (Å²) in [5.41, 5.74) is -1.27. The number of amides is 1. The largest absolute Gasteiger partial charge is 0.496 e. The Labute approximate surface area is 121 Å². The number of carbonyl (C=O) groups excluding carboxylic acids is 1. The Balaban J connectivity index is 2.75. The molecule has 0 heterocycles. The van der Waals surface area contributed by atoms with E-state index in [-0.39, 0.29) is 12.1 Å². The molecule has 0 bridgehead atoms. The fourth-order valence-corrected chi connectivity index (χ4v) is 1.77. The van der Waals surface area contributed by atoms with Crippen molar-refractivity contribution in [2.75, 3.05) is 13.7 Å². The normalized spacial score (nSPS) is 13.4. The number of nitrogens with one attached hydrogen (secondary N) is 1. The minimum absolute atomic E-state index is 0.191. The molecule has 0 fully saturated rings. The molecule has 20 heavy (non-hydrogen) atoms. The van der Waals surface area contributed by atoms with Gasteiger partial charge >= 0.3 is 5.97 Å². The molecule has 1 amide bonds. The third-order valence-corrected chi connectivity index (χ3v) is 2.81. The first-order chi connectivity index (χ1) is 9.25. The van der Waals surface area contributed by atoms with E-state index in [9.17, 15) is 14.7 Å². The van der Waals surface area contributed by atoms with E-state index in [1.807, 2.05) is 0 Å². The van der Waals surface area contributed by atoms with Crippen LogP contribution in [-0.4, -0.2) is 41.3 Å². The molecule has 1 aromatic carbocycles. The van der Waals surface area contributed by atoms with Gasteiger partial charge in [0.15, 0.2) is 0 Å². The molecule has 0 saturated heterocycles.